The van der Waals surface area contributed by atoms with Crippen LogP contribution in [0.3, 0.4) is 0 Å². The Morgan fingerprint density at radius 2 is 2.38 bits per heavy atom. The number of methoxy groups -OCH3 is 1. The first kappa shape index (κ1) is 14.1. The largest absolute Gasteiger partial charge is 0.385 e. The van der Waals surface area contributed by atoms with Crippen LogP contribution in [0.1, 0.15) is 16.8 Å². The minimum Gasteiger partial charge on any atom is -0.385 e. The van der Waals surface area contributed by atoms with Crippen molar-refractivity contribution in [2.24, 2.45) is 0 Å². The van der Waals surface area contributed by atoms with Crippen LogP contribution in [0.4, 0.5) is 0 Å². The molecule has 3 rings (SSSR count). The molecule has 0 aliphatic carbocycles. The molecule has 1 aliphatic heterocycles. The van der Waals surface area contributed by atoms with Crippen molar-refractivity contribution >= 4 is 16.8 Å². The predicted molar refractivity (Wildman–Crippen MR) is 80.4 cm³/mol. The molecule has 1 saturated heterocycles. The summed E-state index contributed by atoms with van der Waals surface area (Å²) in [6.45, 7) is 2.50. The molecule has 5 heteroatoms. The molecule has 0 spiro atoms. The fourth-order valence-corrected chi connectivity index (χ4v) is 2.76. The molecule has 2 aromatic rings. The van der Waals surface area contributed by atoms with E-state index in [9.17, 15) is 4.79 Å². The summed E-state index contributed by atoms with van der Waals surface area (Å²) in [5.41, 5.74) is 1.63. The monoisotopic (exact) mass is 288 g/mol. The molecule has 5 nitrogen and oxygen atoms in total. The van der Waals surface area contributed by atoms with Gasteiger partial charge in [-0.25, -0.2) is 0 Å². The number of carbonyl (C=O) groups excluding carboxylic acids is 1. The zero-order valence-corrected chi connectivity index (χ0v) is 12.2. The molecular formula is C16H20N2O3. The van der Waals surface area contributed by atoms with Crippen molar-refractivity contribution < 1.29 is 14.3 Å². The summed E-state index contributed by atoms with van der Waals surface area (Å²) in [7, 11) is 1.68. The van der Waals surface area contributed by atoms with Gasteiger partial charge in [0, 0.05) is 38.4 Å². The van der Waals surface area contributed by atoms with Crippen LogP contribution in [-0.4, -0.2) is 55.3 Å². The summed E-state index contributed by atoms with van der Waals surface area (Å²) in [5, 5.41) is 1.06. The van der Waals surface area contributed by atoms with Gasteiger partial charge in [0.1, 0.15) is 0 Å². The molecule has 2 heterocycles. The molecule has 1 aromatic heterocycles. The van der Waals surface area contributed by atoms with E-state index in [4.69, 9.17) is 9.47 Å². The minimum atomic E-state index is 0.0606. The maximum Gasteiger partial charge on any atom is 0.256 e. The Morgan fingerprint density at radius 1 is 1.48 bits per heavy atom. The smallest absolute Gasteiger partial charge is 0.256 e. The summed E-state index contributed by atoms with van der Waals surface area (Å²) in [5.74, 6) is 0.0637. The second-order valence-electron chi connectivity index (χ2n) is 5.27. The SMILES string of the molecule is COCCC1CN(C(=O)c2cccc3cc[nH]c23)CCO1. The third-order valence-corrected chi connectivity index (χ3v) is 3.89. The molecule has 1 aliphatic rings. The van der Waals surface area contributed by atoms with Crippen molar-refractivity contribution in [1.29, 1.82) is 0 Å². The summed E-state index contributed by atoms with van der Waals surface area (Å²) in [6, 6.07) is 7.78. The van der Waals surface area contributed by atoms with Gasteiger partial charge in [0.2, 0.25) is 0 Å². The zero-order chi connectivity index (χ0) is 14.7. The Kier molecular flexibility index (Phi) is 4.22. The third-order valence-electron chi connectivity index (χ3n) is 3.89. The zero-order valence-electron chi connectivity index (χ0n) is 12.2. The lowest BCUT2D eigenvalue weighted by atomic mass is 10.1. The predicted octanol–water partition coefficient (Wildman–Crippen LogP) is 2.05. The molecule has 1 fully saturated rings. The summed E-state index contributed by atoms with van der Waals surface area (Å²) >= 11 is 0. The van der Waals surface area contributed by atoms with Gasteiger partial charge in [-0.05, 0) is 18.6 Å². The molecule has 0 radical (unpaired) electrons. The standard InChI is InChI=1S/C16H20N2O3/c1-20-9-6-13-11-18(8-10-21-13)16(19)14-4-2-3-12-5-7-17-15(12)14/h2-5,7,13,17H,6,8-11H2,1H3. The average molecular weight is 288 g/mol. The van der Waals surface area contributed by atoms with E-state index in [-0.39, 0.29) is 12.0 Å². The minimum absolute atomic E-state index is 0.0606. The number of ether oxygens (including phenoxy) is 2. The fraction of sp³-hybridized carbons (Fsp3) is 0.438. The third kappa shape index (κ3) is 2.94. The van der Waals surface area contributed by atoms with Crippen LogP contribution in [0.2, 0.25) is 0 Å². The molecule has 1 amide bonds. The Hall–Kier alpha value is -1.85. The quantitative estimate of drug-likeness (QED) is 0.936. The number of rotatable bonds is 4. The maximum absolute atomic E-state index is 12.8. The van der Waals surface area contributed by atoms with Crippen molar-refractivity contribution in [3.8, 4) is 0 Å². The number of aromatic amines is 1. The number of nitrogens with one attached hydrogen (secondary N) is 1. The van der Waals surface area contributed by atoms with Gasteiger partial charge in [-0.3, -0.25) is 4.79 Å². The second kappa shape index (κ2) is 6.28. The number of para-hydroxylation sites is 1. The molecule has 0 saturated carbocycles. The normalized spacial score (nSPS) is 19.1. The summed E-state index contributed by atoms with van der Waals surface area (Å²) < 4.78 is 10.8. The van der Waals surface area contributed by atoms with Gasteiger partial charge in [-0.15, -0.1) is 0 Å². The van der Waals surface area contributed by atoms with E-state index in [0.29, 0.717) is 26.3 Å². The molecule has 0 bridgehead atoms. The Balaban J connectivity index is 1.76. The van der Waals surface area contributed by atoms with Crippen molar-refractivity contribution in [2.75, 3.05) is 33.4 Å². The van der Waals surface area contributed by atoms with Gasteiger partial charge in [-0.1, -0.05) is 12.1 Å². The summed E-state index contributed by atoms with van der Waals surface area (Å²) in [4.78, 5) is 17.8. The molecule has 21 heavy (non-hydrogen) atoms. The van der Waals surface area contributed by atoms with Crippen molar-refractivity contribution in [3.05, 3.63) is 36.0 Å². The number of morpholine rings is 1. The maximum atomic E-state index is 12.8. The van der Waals surface area contributed by atoms with Crippen molar-refractivity contribution in [3.63, 3.8) is 0 Å². The lowest BCUT2D eigenvalue weighted by Crippen LogP contribution is -2.46. The van der Waals surface area contributed by atoms with E-state index >= 15 is 0 Å². The first-order chi connectivity index (χ1) is 10.3. The Bertz CT molecular complexity index is 623. The summed E-state index contributed by atoms with van der Waals surface area (Å²) in [6.07, 6.45) is 2.74. The highest BCUT2D eigenvalue weighted by molar-refractivity contribution is 6.05. The van der Waals surface area contributed by atoms with Gasteiger partial charge < -0.3 is 19.4 Å². The van der Waals surface area contributed by atoms with Crippen LogP contribution in [-0.2, 0) is 9.47 Å². The number of amides is 1. The van der Waals surface area contributed by atoms with Crippen LogP contribution in [0.15, 0.2) is 30.5 Å². The topological polar surface area (TPSA) is 54.6 Å². The Morgan fingerprint density at radius 3 is 3.24 bits per heavy atom. The van der Waals surface area contributed by atoms with Crippen molar-refractivity contribution in [1.82, 2.24) is 9.88 Å². The average Bonchev–Trinajstić information content (AvgIpc) is 3.01. The van der Waals surface area contributed by atoms with E-state index in [0.717, 1.165) is 22.9 Å². The number of benzene rings is 1. The highest BCUT2D eigenvalue weighted by atomic mass is 16.5. The lowest BCUT2D eigenvalue weighted by molar-refractivity contribution is -0.0332. The molecule has 1 unspecified atom stereocenters. The van der Waals surface area contributed by atoms with Gasteiger partial charge in [0.05, 0.1) is 23.8 Å². The lowest BCUT2D eigenvalue weighted by Gasteiger charge is -2.33. The first-order valence-electron chi connectivity index (χ1n) is 7.25. The molecule has 1 N–H and O–H groups in total. The molecule has 1 aromatic carbocycles. The molecule has 1 atom stereocenters. The number of nitrogens with zero attached hydrogens (tertiary/aromatic N) is 1. The molecular weight excluding hydrogens is 268 g/mol. The highest BCUT2D eigenvalue weighted by Crippen LogP contribution is 2.20. The first-order valence-corrected chi connectivity index (χ1v) is 7.25. The number of carbonyl (C=O) groups is 1. The second-order valence-corrected chi connectivity index (χ2v) is 5.27. The van der Waals surface area contributed by atoms with Gasteiger partial charge in [-0.2, -0.15) is 0 Å². The number of hydrogen-bond donors (Lipinski definition) is 1. The number of fused-ring (bicyclic) bond motifs is 1. The van der Waals surface area contributed by atoms with Crippen LogP contribution < -0.4 is 0 Å². The van der Waals surface area contributed by atoms with Crippen LogP contribution >= 0.6 is 0 Å². The fourth-order valence-electron chi connectivity index (χ4n) is 2.76. The van der Waals surface area contributed by atoms with E-state index in [1.807, 2.05) is 35.4 Å². The van der Waals surface area contributed by atoms with E-state index in [1.54, 1.807) is 7.11 Å². The van der Waals surface area contributed by atoms with E-state index in [2.05, 4.69) is 4.98 Å². The number of aromatic nitrogens is 1. The van der Waals surface area contributed by atoms with Gasteiger partial charge in [0.15, 0.2) is 0 Å². The molecule has 112 valence electrons. The number of H-pyrrole nitrogens is 1. The van der Waals surface area contributed by atoms with Crippen molar-refractivity contribution in [2.45, 2.75) is 12.5 Å². The van der Waals surface area contributed by atoms with E-state index < -0.39 is 0 Å². The van der Waals surface area contributed by atoms with Crippen LogP contribution in [0, 0.1) is 0 Å². The van der Waals surface area contributed by atoms with Crippen LogP contribution in [0.25, 0.3) is 10.9 Å². The van der Waals surface area contributed by atoms with E-state index in [1.165, 1.54) is 0 Å². The van der Waals surface area contributed by atoms with Gasteiger partial charge in [0.25, 0.3) is 5.91 Å². The van der Waals surface area contributed by atoms with Crippen LogP contribution in [0.5, 0.6) is 0 Å². The highest BCUT2D eigenvalue weighted by Gasteiger charge is 2.25. The Labute approximate surface area is 123 Å². The number of hydrogen-bond acceptors (Lipinski definition) is 3. The van der Waals surface area contributed by atoms with Gasteiger partial charge >= 0.3 is 0 Å².